The molecule has 180 valence electrons. The van der Waals surface area contributed by atoms with Gasteiger partial charge < -0.3 is 15.4 Å². The van der Waals surface area contributed by atoms with Crippen molar-refractivity contribution >= 4 is 29.1 Å². The number of benzene rings is 1. The largest absolute Gasteiger partial charge is 0.494 e. The number of tetrazole rings is 1. The van der Waals surface area contributed by atoms with E-state index in [2.05, 4.69) is 49.9 Å². The molecule has 10 nitrogen and oxygen atoms in total. The van der Waals surface area contributed by atoms with Crippen molar-refractivity contribution in [3.63, 3.8) is 0 Å². The van der Waals surface area contributed by atoms with Crippen LogP contribution in [0.4, 0.5) is 17.5 Å². The molecule has 0 saturated carbocycles. The highest BCUT2D eigenvalue weighted by Crippen LogP contribution is 2.39. The van der Waals surface area contributed by atoms with Crippen molar-refractivity contribution in [3.05, 3.63) is 35.2 Å². The highest BCUT2D eigenvalue weighted by Gasteiger charge is 2.43. The fraction of sp³-hybridized carbons (Fsp3) is 0.522. The van der Waals surface area contributed by atoms with E-state index in [4.69, 9.17) is 21.3 Å². The molecule has 0 aliphatic carbocycles. The average molecular weight is 484 g/mol. The van der Waals surface area contributed by atoms with Gasteiger partial charge in [0.15, 0.2) is 11.6 Å². The predicted molar refractivity (Wildman–Crippen MR) is 131 cm³/mol. The highest BCUT2D eigenvalue weighted by atomic mass is 35.5. The lowest BCUT2D eigenvalue weighted by Gasteiger charge is -2.47. The second kappa shape index (κ2) is 8.99. The summed E-state index contributed by atoms with van der Waals surface area (Å²) in [6.45, 7) is 7.70. The van der Waals surface area contributed by atoms with Crippen LogP contribution in [-0.2, 0) is 0 Å². The number of fused-ring (bicyclic) bond motifs is 1. The molecule has 0 bridgehead atoms. The Morgan fingerprint density at radius 1 is 1.26 bits per heavy atom. The molecule has 3 aromatic rings. The minimum absolute atomic E-state index is 0.158. The van der Waals surface area contributed by atoms with Crippen molar-refractivity contribution in [2.45, 2.75) is 64.1 Å². The summed E-state index contributed by atoms with van der Waals surface area (Å²) in [6, 6.07) is 6.57. The first-order chi connectivity index (χ1) is 16.3. The maximum Gasteiger partial charge on any atom is 0.229 e. The molecule has 2 aliphatic heterocycles. The Balaban J connectivity index is 1.36. The number of ether oxygens (including phenoxy) is 1. The summed E-state index contributed by atoms with van der Waals surface area (Å²) in [6.07, 6.45) is 6.30. The van der Waals surface area contributed by atoms with E-state index in [0.29, 0.717) is 46.1 Å². The molecule has 0 radical (unpaired) electrons. The van der Waals surface area contributed by atoms with Crippen LogP contribution in [0, 0.1) is 6.92 Å². The van der Waals surface area contributed by atoms with Gasteiger partial charge in [-0.2, -0.15) is 9.67 Å². The fourth-order valence-electron chi connectivity index (χ4n) is 5.36. The summed E-state index contributed by atoms with van der Waals surface area (Å²) in [5.41, 5.74) is 1.65. The smallest absolute Gasteiger partial charge is 0.229 e. The molecule has 5 rings (SSSR count). The first-order valence-electron chi connectivity index (χ1n) is 11.6. The van der Waals surface area contributed by atoms with Crippen LogP contribution in [0.25, 0.3) is 5.69 Å². The van der Waals surface area contributed by atoms with E-state index in [-0.39, 0.29) is 5.54 Å². The van der Waals surface area contributed by atoms with Crippen molar-refractivity contribution in [2.24, 2.45) is 0 Å². The number of hydrogen-bond acceptors (Lipinski definition) is 9. The van der Waals surface area contributed by atoms with Gasteiger partial charge in [-0.3, -0.25) is 4.90 Å². The van der Waals surface area contributed by atoms with E-state index < -0.39 is 0 Å². The van der Waals surface area contributed by atoms with Gasteiger partial charge in [-0.1, -0.05) is 11.6 Å². The zero-order valence-electron chi connectivity index (χ0n) is 19.9. The van der Waals surface area contributed by atoms with Gasteiger partial charge in [-0.25, -0.2) is 4.98 Å². The lowest BCUT2D eigenvalue weighted by molar-refractivity contribution is 0.0501. The Morgan fingerprint density at radius 2 is 2.12 bits per heavy atom. The molecule has 4 heterocycles. The van der Waals surface area contributed by atoms with Crippen LogP contribution in [-0.4, -0.2) is 66.4 Å². The molecular formula is C23H30ClN9O. The number of aryl methyl sites for hydroxylation is 1. The zero-order valence-corrected chi connectivity index (χ0v) is 20.7. The third kappa shape index (κ3) is 4.39. The van der Waals surface area contributed by atoms with Gasteiger partial charge in [-0.15, -0.1) is 5.10 Å². The molecule has 2 N–H and O–H groups in total. The molecule has 0 amide bonds. The Kier molecular flexibility index (Phi) is 6.03. The highest BCUT2D eigenvalue weighted by molar-refractivity contribution is 6.32. The predicted octanol–water partition coefficient (Wildman–Crippen LogP) is 3.98. The van der Waals surface area contributed by atoms with Crippen molar-refractivity contribution in [3.8, 4) is 11.4 Å². The monoisotopic (exact) mass is 483 g/mol. The molecule has 2 atom stereocenters. The normalized spacial score (nSPS) is 21.8. The average Bonchev–Trinajstić information content (AvgIpc) is 3.45. The molecule has 0 spiro atoms. The Morgan fingerprint density at radius 3 is 2.88 bits per heavy atom. The zero-order chi connectivity index (χ0) is 23.9. The van der Waals surface area contributed by atoms with E-state index in [1.165, 1.54) is 19.4 Å². The topological polar surface area (TPSA) is 106 Å². The van der Waals surface area contributed by atoms with Crippen molar-refractivity contribution < 1.29 is 4.74 Å². The summed E-state index contributed by atoms with van der Waals surface area (Å²) >= 11 is 6.48. The van der Waals surface area contributed by atoms with Crippen molar-refractivity contribution in [1.82, 2.24) is 35.1 Å². The number of nitrogens with one attached hydrogen (secondary N) is 2. The summed E-state index contributed by atoms with van der Waals surface area (Å²) < 4.78 is 7.11. The number of aromatic nitrogens is 6. The number of hydrogen-bond donors (Lipinski definition) is 2. The van der Waals surface area contributed by atoms with Gasteiger partial charge in [0, 0.05) is 23.3 Å². The summed E-state index contributed by atoms with van der Waals surface area (Å²) in [5.74, 6) is 2.41. The van der Waals surface area contributed by atoms with E-state index in [1.807, 2.05) is 25.1 Å². The Bertz CT molecular complexity index is 1180. The molecule has 1 aromatic carbocycles. The summed E-state index contributed by atoms with van der Waals surface area (Å²) in [7, 11) is 1.61. The minimum atomic E-state index is 0.158. The molecule has 2 aliphatic rings. The number of nitrogens with zero attached hydrogens (tertiary/aromatic N) is 7. The van der Waals surface area contributed by atoms with Crippen LogP contribution < -0.4 is 15.4 Å². The number of rotatable bonds is 6. The van der Waals surface area contributed by atoms with Gasteiger partial charge >= 0.3 is 0 Å². The number of anilines is 3. The standard InChI is InChI=1S/C23H30ClN9O/c1-14-29-30-31-33(14)19-11-15(7-8-20(19)34-4)27-22-25-13-18(24)21(28-22)26-16-10-17-6-5-9-32(17)23(2,3)12-16/h7-8,11,13,16-17H,5-6,9-10,12H2,1-4H3,(H2,25,26,27,28)/t16-,17+/m1/s1. The van der Waals surface area contributed by atoms with Gasteiger partial charge in [0.05, 0.1) is 13.3 Å². The van der Waals surface area contributed by atoms with Crippen molar-refractivity contribution in [2.75, 3.05) is 24.3 Å². The van der Waals surface area contributed by atoms with E-state index in [0.717, 1.165) is 18.5 Å². The number of methoxy groups -OCH3 is 1. The van der Waals surface area contributed by atoms with Crippen LogP contribution in [0.2, 0.25) is 5.02 Å². The van der Waals surface area contributed by atoms with Crippen LogP contribution >= 0.6 is 11.6 Å². The maximum atomic E-state index is 6.48. The second-order valence-electron chi connectivity index (χ2n) is 9.62. The maximum absolute atomic E-state index is 6.48. The fourth-order valence-corrected chi connectivity index (χ4v) is 5.50. The minimum Gasteiger partial charge on any atom is -0.494 e. The molecule has 34 heavy (non-hydrogen) atoms. The third-order valence-electron chi connectivity index (χ3n) is 6.83. The molecule has 2 aromatic heterocycles. The number of piperidine rings is 1. The first kappa shape index (κ1) is 22.8. The van der Waals surface area contributed by atoms with Gasteiger partial charge in [0.25, 0.3) is 0 Å². The van der Waals surface area contributed by atoms with Crippen LogP contribution in [0.15, 0.2) is 24.4 Å². The third-order valence-corrected chi connectivity index (χ3v) is 7.11. The van der Waals surface area contributed by atoms with E-state index >= 15 is 0 Å². The molecule has 11 heteroatoms. The lowest BCUT2D eigenvalue weighted by atomic mass is 9.84. The quantitative estimate of drug-likeness (QED) is 0.538. The van der Waals surface area contributed by atoms with Crippen molar-refractivity contribution in [1.29, 1.82) is 0 Å². The van der Waals surface area contributed by atoms with E-state index in [9.17, 15) is 0 Å². The van der Waals surface area contributed by atoms with Gasteiger partial charge in [-0.05, 0) is 81.6 Å². The summed E-state index contributed by atoms with van der Waals surface area (Å²) in [5, 5.41) is 19.1. The van der Waals surface area contributed by atoms with Crippen LogP contribution in [0.1, 0.15) is 45.4 Å². The molecule has 2 saturated heterocycles. The second-order valence-corrected chi connectivity index (χ2v) is 10.0. The van der Waals surface area contributed by atoms with Crippen LogP contribution in [0.5, 0.6) is 5.75 Å². The Labute approximate surface area is 204 Å². The first-order valence-corrected chi connectivity index (χ1v) is 12.0. The molecule has 2 fully saturated rings. The van der Waals surface area contributed by atoms with Gasteiger partial charge in [0.1, 0.15) is 16.5 Å². The van der Waals surface area contributed by atoms with E-state index in [1.54, 1.807) is 18.0 Å². The van der Waals surface area contributed by atoms with Crippen LogP contribution in [0.3, 0.4) is 0 Å². The summed E-state index contributed by atoms with van der Waals surface area (Å²) in [4.78, 5) is 11.7. The Hall–Kier alpha value is -2.98. The molecular weight excluding hydrogens is 454 g/mol. The lowest BCUT2D eigenvalue weighted by Crippen LogP contribution is -2.55. The SMILES string of the molecule is COc1ccc(Nc2ncc(Cl)c(N[C@@H]3C[C@@H]4CCCN4C(C)(C)C3)n2)cc1-n1nnnc1C. The number of halogens is 1. The van der Waals surface area contributed by atoms with Gasteiger partial charge in [0.2, 0.25) is 5.95 Å². The molecule has 0 unspecified atom stereocenters.